The van der Waals surface area contributed by atoms with Crippen molar-refractivity contribution in [2.24, 2.45) is 5.92 Å². The van der Waals surface area contributed by atoms with E-state index in [1.807, 2.05) is 0 Å². The van der Waals surface area contributed by atoms with Gasteiger partial charge in [-0.15, -0.1) is 0 Å². The van der Waals surface area contributed by atoms with Crippen molar-refractivity contribution < 1.29 is 9.18 Å². The highest BCUT2D eigenvalue weighted by atomic mass is 79.9. The van der Waals surface area contributed by atoms with Gasteiger partial charge in [0, 0.05) is 4.83 Å². The molecule has 74 valence electrons. The highest BCUT2D eigenvalue weighted by Gasteiger charge is 2.36. The maximum atomic E-state index is 13.7. The molecule has 0 aromatic rings. The van der Waals surface area contributed by atoms with Gasteiger partial charge in [-0.05, 0) is 30.4 Å². The van der Waals surface area contributed by atoms with Crippen molar-refractivity contribution >= 4 is 21.9 Å². The first-order valence-corrected chi connectivity index (χ1v) is 5.57. The second-order valence-electron chi connectivity index (χ2n) is 3.68. The molecule has 0 amide bonds. The predicted molar refractivity (Wildman–Crippen MR) is 56.8 cm³/mol. The molecule has 14 heavy (non-hydrogen) atoms. The molecule has 1 nitrogen and oxygen atoms in total. The average molecular weight is 257 g/mol. The van der Waals surface area contributed by atoms with Crippen LogP contribution in [-0.2, 0) is 4.79 Å². The van der Waals surface area contributed by atoms with Crippen LogP contribution in [0.25, 0.3) is 0 Å². The fraction of sp³-hybridized carbons (Fsp3) is 0.455. The van der Waals surface area contributed by atoms with E-state index in [-0.39, 0.29) is 10.4 Å². The number of carbonyl (C=O) groups excluding carboxylic acids is 1. The van der Waals surface area contributed by atoms with E-state index in [1.54, 1.807) is 18.1 Å². The maximum Gasteiger partial charge on any atom is 0.158 e. The molecule has 1 fully saturated rings. The van der Waals surface area contributed by atoms with E-state index in [2.05, 4.69) is 15.9 Å². The van der Waals surface area contributed by atoms with E-state index in [9.17, 15) is 9.18 Å². The molecular formula is C11H10BrFO. The van der Waals surface area contributed by atoms with Gasteiger partial charge in [0.25, 0.3) is 0 Å². The van der Waals surface area contributed by atoms with E-state index >= 15 is 0 Å². The summed E-state index contributed by atoms with van der Waals surface area (Å²) in [7, 11) is 0. The Balaban J connectivity index is 2.21. The predicted octanol–water partition coefficient (Wildman–Crippen LogP) is 2.75. The van der Waals surface area contributed by atoms with Gasteiger partial charge < -0.3 is 0 Å². The number of halogens is 2. The third-order valence-electron chi connectivity index (χ3n) is 2.60. The molecule has 0 aromatic heterocycles. The van der Waals surface area contributed by atoms with Crippen molar-refractivity contribution in [2.45, 2.75) is 23.8 Å². The lowest BCUT2D eigenvalue weighted by molar-refractivity contribution is 0.424. The summed E-state index contributed by atoms with van der Waals surface area (Å²) in [6.07, 6.45) is 5.95. The minimum absolute atomic E-state index is 0.0748. The first-order valence-electron chi connectivity index (χ1n) is 4.65. The summed E-state index contributed by atoms with van der Waals surface area (Å²) in [6.45, 7) is 0. The summed E-state index contributed by atoms with van der Waals surface area (Å²) in [5.74, 6) is 2.18. The third-order valence-corrected chi connectivity index (χ3v) is 3.88. The lowest BCUT2D eigenvalue weighted by atomic mass is 9.94. The van der Waals surface area contributed by atoms with E-state index in [1.165, 1.54) is 6.08 Å². The van der Waals surface area contributed by atoms with Crippen LogP contribution in [-0.4, -0.2) is 16.9 Å². The van der Waals surface area contributed by atoms with E-state index < -0.39 is 6.17 Å². The zero-order valence-electron chi connectivity index (χ0n) is 7.54. The lowest BCUT2D eigenvalue weighted by Gasteiger charge is -2.19. The minimum Gasteiger partial charge on any atom is -0.237 e. The monoisotopic (exact) mass is 256 g/mol. The number of hydrogen-bond donors (Lipinski definition) is 0. The van der Waals surface area contributed by atoms with Gasteiger partial charge in [0.15, 0.2) is 6.17 Å². The normalized spacial score (nSPS) is 28.3. The Morgan fingerprint density at radius 2 is 2.29 bits per heavy atom. The number of allylic oxidation sites excluding steroid dienone is 5. The molecule has 0 spiro atoms. The zero-order chi connectivity index (χ0) is 10.1. The molecule has 0 saturated heterocycles. The molecule has 0 heterocycles. The number of hydrogen-bond acceptors (Lipinski definition) is 1. The third kappa shape index (κ3) is 1.75. The van der Waals surface area contributed by atoms with Gasteiger partial charge in [0.2, 0.25) is 0 Å². The maximum absolute atomic E-state index is 13.7. The van der Waals surface area contributed by atoms with Gasteiger partial charge in [-0.3, -0.25) is 0 Å². The number of alkyl halides is 2. The number of rotatable bonds is 2. The van der Waals surface area contributed by atoms with Crippen LogP contribution in [0, 0.1) is 5.92 Å². The Kier molecular flexibility index (Phi) is 2.71. The van der Waals surface area contributed by atoms with E-state index in [0.717, 1.165) is 12.8 Å². The van der Waals surface area contributed by atoms with Crippen LogP contribution >= 0.6 is 15.9 Å². The first kappa shape index (κ1) is 9.88. The van der Waals surface area contributed by atoms with Gasteiger partial charge in [-0.2, -0.15) is 0 Å². The van der Waals surface area contributed by atoms with Crippen molar-refractivity contribution in [1.82, 2.24) is 0 Å². The van der Waals surface area contributed by atoms with Crippen LogP contribution in [0.1, 0.15) is 12.8 Å². The smallest absolute Gasteiger partial charge is 0.158 e. The fourth-order valence-electron chi connectivity index (χ4n) is 1.59. The lowest BCUT2D eigenvalue weighted by Crippen LogP contribution is -2.19. The molecule has 0 radical (unpaired) electrons. The highest BCUT2D eigenvalue weighted by Crippen LogP contribution is 2.42. The SMILES string of the molecule is O=C=C1C=CC=C(C(Br)C2CC2)C1F. The van der Waals surface area contributed by atoms with Crippen LogP contribution < -0.4 is 0 Å². The topological polar surface area (TPSA) is 17.1 Å². The second kappa shape index (κ2) is 3.84. The van der Waals surface area contributed by atoms with Gasteiger partial charge >= 0.3 is 0 Å². The Bertz CT molecular complexity index is 348. The van der Waals surface area contributed by atoms with Crippen molar-refractivity contribution in [3.63, 3.8) is 0 Å². The molecular weight excluding hydrogens is 247 g/mol. The van der Waals surface area contributed by atoms with Crippen molar-refractivity contribution in [2.75, 3.05) is 0 Å². The minimum atomic E-state index is -1.28. The van der Waals surface area contributed by atoms with Crippen LogP contribution in [0.4, 0.5) is 4.39 Å². The molecule has 0 bridgehead atoms. The first-order chi connectivity index (χ1) is 6.74. The zero-order valence-corrected chi connectivity index (χ0v) is 9.13. The van der Waals surface area contributed by atoms with Crippen LogP contribution in [0.2, 0.25) is 0 Å². The molecule has 0 N–H and O–H groups in total. The van der Waals surface area contributed by atoms with Crippen LogP contribution in [0.5, 0.6) is 0 Å². The van der Waals surface area contributed by atoms with Crippen LogP contribution in [0.15, 0.2) is 29.4 Å². The van der Waals surface area contributed by atoms with Gasteiger partial charge in [-0.1, -0.05) is 28.1 Å². The quantitative estimate of drug-likeness (QED) is 0.549. The summed E-state index contributed by atoms with van der Waals surface area (Å²) in [4.78, 5) is 10.5. The van der Waals surface area contributed by atoms with Crippen molar-refractivity contribution in [3.8, 4) is 0 Å². The summed E-state index contributed by atoms with van der Waals surface area (Å²) in [5.41, 5.74) is 0.765. The molecule has 1 saturated carbocycles. The summed E-state index contributed by atoms with van der Waals surface area (Å²) >= 11 is 3.48. The van der Waals surface area contributed by atoms with Gasteiger partial charge in [0.05, 0.1) is 5.57 Å². The van der Waals surface area contributed by atoms with Crippen LogP contribution in [0.3, 0.4) is 0 Å². The van der Waals surface area contributed by atoms with Crippen molar-refractivity contribution in [3.05, 3.63) is 29.4 Å². The molecule has 2 unspecified atom stereocenters. The second-order valence-corrected chi connectivity index (χ2v) is 4.67. The van der Waals surface area contributed by atoms with Gasteiger partial charge in [0.1, 0.15) is 5.94 Å². The molecule has 0 aromatic carbocycles. The Morgan fingerprint density at radius 3 is 2.86 bits per heavy atom. The summed E-state index contributed by atoms with van der Waals surface area (Å²) in [5, 5.41) is 0. The molecule has 3 heteroatoms. The van der Waals surface area contributed by atoms with E-state index in [0.29, 0.717) is 11.5 Å². The molecule has 0 aliphatic heterocycles. The largest absolute Gasteiger partial charge is 0.237 e. The van der Waals surface area contributed by atoms with Crippen molar-refractivity contribution in [1.29, 1.82) is 0 Å². The molecule has 2 aliphatic rings. The Labute approximate surface area is 90.5 Å². The van der Waals surface area contributed by atoms with E-state index in [4.69, 9.17) is 0 Å². The standard InChI is InChI=1S/C11H10BrFO/c12-10(7-4-5-7)9-3-1-2-8(6-14)11(9)13/h1-3,7,10-11H,4-5H2. The summed E-state index contributed by atoms with van der Waals surface area (Å²) in [6, 6.07) is 0. The fourth-order valence-corrected chi connectivity index (χ4v) is 2.50. The molecule has 2 aliphatic carbocycles. The molecule has 2 atom stereocenters. The Morgan fingerprint density at radius 1 is 1.57 bits per heavy atom. The summed E-state index contributed by atoms with van der Waals surface area (Å²) < 4.78 is 13.7. The van der Waals surface area contributed by atoms with Gasteiger partial charge in [-0.25, -0.2) is 9.18 Å². The molecule has 2 rings (SSSR count). The Hall–Kier alpha value is -0.660. The average Bonchev–Trinajstić information content (AvgIpc) is 3.00. The highest BCUT2D eigenvalue weighted by molar-refractivity contribution is 9.09.